The summed E-state index contributed by atoms with van der Waals surface area (Å²) in [5.41, 5.74) is 0.863. The molecule has 0 spiro atoms. The molecule has 2 amide bonds. The number of hydrogen-bond acceptors (Lipinski definition) is 5. The summed E-state index contributed by atoms with van der Waals surface area (Å²) < 4.78 is 11.2. The molecule has 0 radical (unpaired) electrons. The van der Waals surface area contributed by atoms with Crippen molar-refractivity contribution in [2.45, 2.75) is 25.2 Å². The van der Waals surface area contributed by atoms with Gasteiger partial charge in [0.2, 0.25) is 0 Å². The van der Waals surface area contributed by atoms with Crippen molar-refractivity contribution in [2.75, 3.05) is 33.1 Å². The molecule has 2 aromatic rings. The predicted molar refractivity (Wildman–Crippen MR) is 122 cm³/mol. The highest BCUT2D eigenvalue weighted by Crippen LogP contribution is 2.37. The third-order valence-electron chi connectivity index (χ3n) is 4.13. The summed E-state index contributed by atoms with van der Waals surface area (Å²) >= 11 is 7.41. The number of ether oxygens (including phenoxy) is 2. The second kappa shape index (κ2) is 11.1. The van der Waals surface area contributed by atoms with Crippen LogP contribution < -0.4 is 14.8 Å². The molecule has 30 heavy (non-hydrogen) atoms. The molecule has 0 aliphatic carbocycles. The monoisotopic (exact) mass is 450 g/mol. The quantitative estimate of drug-likeness (QED) is 0.515. The van der Waals surface area contributed by atoms with Gasteiger partial charge < -0.3 is 19.7 Å². The number of para-hydroxylation sites is 1. The van der Waals surface area contributed by atoms with Crippen LogP contribution in [0, 0.1) is 5.92 Å². The molecule has 0 fully saturated rings. The van der Waals surface area contributed by atoms with Gasteiger partial charge in [-0.1, -0.05) is 37.6 Å². The van der Waals surface area contributed by atoms with Crippen LogP contribution in [0.5, 0.6) is 11.5 Å². The molecule has 162 valence electrons. The van der Waals surface area contributed by atoms with Crippen molar-refractivity contribution >= 4 is 40.2 Å². The number of carbonyl (C=O) groups excluding carboxylic acids is 2. The standard InChI is InChI=1S/C22H27ClN2O4S/c1-14(2)10-11-29-20-16(23)12-15(13-18(20)28-5)21(26)24-17-8-6-7-9-19(17)30-22(27)25(3)4/h6-9,12-14H,10-11H2,1-5H3,(H,24,26). The average Bonchev–Trinajstić information content (AvgIpc) is 2.69. The van der Waals surface area contributed by atoms with E-state index >= 15 is 0 Å². The topological polar surface area (TPSA) is 67.9 Å². The predicted octanol–water partition coefficient (Wildman–Crippen LogP) is 5.80. The summed E-state index contributed by atoms with van der Waals surface area (Å²) in [5, 5.41) is 3.01. The Morgan fingerprint density at radius 1 is 1.20 bits per heavy atom. The molecule has 0 aliphatic rings. The van der Waals surface area contributed by atoms with Crippen LogP contribution in [-0.2, 0) is 0 Å². The Balaban J connectivity index is 2.22. The van der Waals surface area contributed by atoms with E-state index in [1.54, 1.807) is 44.4 Å². The van der Waals surface area contributed by atoms with Crippen molar-refractivity contribution in [2.24, 2.45) is 5.92 Å². The highest BCUT2D eigenvalue weighted by Gasteiger charge is 2.18. The molecule has 0 bridgehead atoms. The van der Waals surface area contributed by atoms with E-state index in [2.05, 4.69) is 19.2 Å². The van der Waals surface area contributed by atoms with Gasteiger partial charge in [0.05, 0.1) is 24.4 Å². The summed E-state index contributed by atoms with van der Waals surface area (Å²) in [6.45, 7) is 4.72. The van der Waals surface area contributed by atoms with E-state index in [4.69, 9.17) is 21.1 Å². The lowest BCUT2D eigenvalue weighted by Gasteiger charge is -2.16. The number of anilines is 1. The van der Waals surface area contributed by atoms with Gasteiger partial charge >= 0.3 is 0 Å². The van der Waals surface area contributed by atoms with Gasteiger partial charge in [0.15, 0.2) is 11.5 Å². The second-order valence-electron chi connectivity index (χ2n) is 7.23. The Bertz CT molecular complexity index is 903. The fraction of sp³-hybridized carbons (Fsp3) is 0.364. The van der Waals surface area contributed by atoms with Crippen LogP contribution in [0.15, 0.2) is 41.3 Å². The molecule has 0 aromatic heterocycles. The molecule has 8 heteroatoms. The van der Waals surface area contributed by atoms with Crippen LogP contribution in [0.2, 0.25) is 5.02 Å². The first-order valence-corrected chi connectivity index (χ1v) is 10.7. The van der Waals surface area contributed by atoms with Gasteiger partial charge in [-0.3, -0.25) is 9.59 Å². The number of halogens is 1. The van der Waals surface area contributed by atoms with Crippen LogP contribution >= 0.6 is 23.4 Å². The lowest BCUT2D eigenvalue weighted by atomic mass is 10.1. The summed E-state index contributed by atoms with van der Waals surface area (Å²) in [6, 6.07) is 10.3. The summed E-state index contributed by atoms with van der Waals surface area (Å²) in [6.07, 6.45) is 0.877. The fourth-order valence-electron chi connectivity index (χ4n) is 2.43. The summed E-state index contributed by atoms with van der Waals surface area (Å²) in [5.74, 6) is 0.942. The number of nitrogens with one attached hydrogen (secondary N) is 1. The third kappa shape index (κ3) is 6.57. The van der Waals surface area contributed by atoms with Gasteiger partial charge in [-0.2, -0.15) is 0 Å². The van der Waals surface area contributed by atoms with Crippen LogP contribution in [-0.4, -0.2) is 43.9 Å². The molecule has 0 heterocycles. The Labute approximate surface area is 186 Å². The molecule has 1 N–H and O–H groups in total. The zero-order chi connectivity index (χ0) is 22.3. The maximum absolute atomic E-state index is 12.9. The molecular weight excluding hydrogens is 424 g/mol. The molecule has 6 nitrogen and oxygen atoms in total. The first-order valence-electron chi connectivity index (χ1n) is 9.52. The van der Waals surface area contributed by atoms with Crippen LogP contribution in [0.1, 0.15) is 30.6 Å². The van der Waals surface area contributed by atoms with Gasteiger partial charge in [-0.15, -0.1) is 0 Å². The maximum Gasteiger partial charge on any atom is 0.286 e. The number of carbonyl (C=O) groups is 2. The molecule has 2 rings (SSSR count). The minimum atomic E-state index is -0.366. The van der Waals surface area contributed by atoms with Crippen molar-refractivity contribution in [1.82, 2.24) is 4.90 Å². The van der Waals surface area contributed by atoms with E-state index in [1.165, 1.54) is 12.0 Å². The van der Waals surface area contributed by atoms with Crippen molar-refractivity contribution in [3.05, 3.63) is 47.0 Å². The molecule has 0 saturated carbocycles. The molecule has 0 aliphatic heterocycles. The van der Waals surface area contributed by atoms with Crippen molar-refractivity contribution in [1.29, 1.82) is 0 Å². The number of methoxy groups -OCH3 is 1. The van der Waals surface area contributed by atoms with Gasteiger partial charge in [-0.25, -0.2) is 0 Å². The largest absolute Gasteiger partial charge is 0.493 e. The first-order chi connectivity index (χ1) is 14.2. The highest BCUT2D eigenvalue weighted by molar-refractivity contribution is 8.13. The normalized spacial score (nSPS) is 10.6. The second-order valence-corrected chi connectivity index (χ2v) is 8.63. The minimum Gasteiger partial charge on any atom is -0.493 e. The smallest absolute Gasteiger partial charge is 0.286 e. The third-order valence-corrected chi connectivity index (χ3v) is 5.53. The van der Waals surface area contributed by atoms with Crippen molar-refractivity contribution in [3.63, 3.8) is 0 Å². The summed E-state index contributed by atoms with van der Waals surface area (Å²) in [4.78, 5) is 27.0. The van der Waals surface area contributed by atoms with E-state index in [9.17, 15) is 9.59 Å². The fourth-order valence-corrected chi connectivity index (χ4v) is 3.44. The van der Waals surface area contributed by atoms with E-state index in [0.717, 1.165) is 18.2 Å². The van der Waals surface area contributed by atoms with Gasteiger partial charge in [0.1, 0.15) is 0 Å². The molecular formula is C22H27ClN2O4S. The zero-order valence-electron chi connectivity index (χ0n) is 17.8. The summed E-state index contributed by atoms with van der Waals surface area (Å²) in [7, 11) is 4.85. The number of hydrogen-bond donors (Lipinski definition) is 1. The number of benzene rings is 2. The average molecular weight is 451 g/mol. The van der Waals surface area contributed by atoms with Crippen molar-refractivity contribution < 1.29 is 19.1 Å². The Hall–Kier alpha value is -2.38. The molecule has 2 aromatic carbocycles. The maximum atomic E-state index is 12.9. The number of nitrogens with zero attached hydrogens (tertiary/aromatic N) is 1. The molecule has 0 unspecified atom stereocenters. The molecule has 0 atom stereocenters. The van der Waals surface area contributed by atoms with E-state index in [0.29, 0.717) is 45.2 Å². The van der Waals surface area contributed by atoms with Gasteiger partial charge in [-0.05, 0) is 48.4 Å². The minimum absolute atomic E-state index is 0.135. The SMILES string of the molecule is COc1cc(C(=O)Nc2ccccc2SC(=O)N(C)C)cc(Cl)c1OCCC(C)C. The van der Waals surface area contributed by atoms with Gasteiger partial charge in [0, 0.05) is 24.6 Å². The van der Waals surface area contributed by atoms with E-state index in [-0.39, 0.29) is 11.1 Å². The van der Waals surface area contributed by atoms with Crippen LogP contribution in [0.25, 0.3) is 0 Å². The lowest BCUT2D eigenvalue weighted by Crippen LogP contribution is -2.17. The Morgan fingerprint density at radius 3 is 2.53 bits per heavy atom. The van der Waals surface area contributed by atoms with Crippen molar-refractivity contribution in [3.8, 4) is 11.5 Å². The van der Waals surface area contributed by atoms with Crippen LogP contribution in [0.3, 0.4) is 0 Å². The lowest BCUT2D eigenvalue weighted by molar-refractivity contribution is 0.102. The van der Waals surface area contributed by atoms with Crippen LogP contribution in [0.4, 0.5) is 10.5 Å². The number of amides is 2. The van der Waals surface area contributed by atoms with Gasteiger partial charge in [0.25, 0.3) is 11.1 Å². The highest BCUT2D eigenvalue weighted by atomic mass is 35.5. The first kappa shape index (κ1) is 23.9. The Morgan fingerprint density at radius 2 is 1.90 bits per heavy atom. The number of rotatable bonds is 8. The zero-order valence-corrected chi connectivity index (χ0v) is 19.4. The molecule has 0 saturated heterocycles. The van der Waals surface area contributed by atoms with E-state index in [1.807, 2.05) is 6.07 Å². The Kier molecular flexibility index (Phi) is 8.87. The van der Waals surface area contributed by atoms with E-state index < -0.39 is 0 Å². The number of thioether (sulfide) groups is 1.